The normalized spacial score (nSPS) is 11.0. The molecule has 0 radical (unpaired) electrons. The molecule has 4 nitrogen and oxygen atoms in total. The zero-order chi connectivity index (χ0) is 9.68. The van der Waals surface area contributed by atoms with Crippen molar-refractivity contribution in [3.63, 3.8) is 0 Å². The van der Waals surface area contributed by atoms with Gasteiger partial charge in [0.2, 0.25) is 6.41 Å². The Labute approximate surface area is 76.4 Å². The van der Waals surface area contributed by atoms with Gasteiger partial charge in [0.25, 0.3) is 0 Å². The number of hydrogen-bond acceptors (Lipinski definition) is 3. The molecule has 0 aromatic heterocycles. The molecular weight excluding hydrogens is 166 g/mol. The average molecular weight is 177 g/mol. The van der Waals surface area contributed by atoms with E-state index in [9.17, 15) is 4.79 Å². The third-order valence-corrected chi connectivity index (χ3v) is 1.62. The number of nitrogens with zero attached hydrogens (tertiary/aromatic N) is 1. The van der Waals surface area contributed by atoms with E-state index in [1.807, 2.05) is 31.2 Å². The molecule has 0 aliphatic rings. The highest BCUT2D eigenvalue weighted by Crippen LogP contribution is 2.03. The van der Waals surface area contributed by atoms with E-state index in [4.69, 9.17) is 5.84 Å². The second-order valence-electron chi connectivity index (χ2n) is 2.61. The van der Waals surface area contributed by atoms with Crippen LogP contribution in [0.4, 0.5) is 0 Å². The third kappa shape index (κ3) is 2.30. The molecule has 0 saturated heterocycles. The molecule has 0 spiro atoms. The van der Waals surface area contributed by atoms with Gasteiger partial charge in [-0.15, -0.1) is 0 Å². The van der Waals surface area contributed by atoms with Gasteiger partial charge >= 0.3 is 0 Å². The number of benzene rings is 1. The number of carbonyl (C=O) groups excluding carboxylic acids is 1. The summed E-state index contributed by atoms with van der Waals surface area (Å²) in [5.41, 5.74) is 1.89. The maximum Gasteiger partial charge on any atom is 0.212 e. The van der Waals surface area contributed by atoms with Crippen LogP contribution in [0.3, 0.4) is 0 Å². The van der Waals surface area contributed by atoms with Crippen LogP contribution < -0.4 is 11.2 Å². The van der Waals surface area contributed by atoms with Crippen molar-refractivity contribution in [2.75, 3.05) is 0 Å². The first-order valence-electron chi connectivity index (χ1n) is 3.83. The molecule has 4 heteroatoms. The van der Waals surface area contributed by atoms with Gasteiger partial charge in [0.1, 0.15) is 0 Å². The highest BCUT2D eigenvalue weighted by molar-refractivity contribution is 6.03. The number of rotatable bonds is 2. The predicted molar refractivity (Wildman–Crippen MR) is 51.1 cm³/mol. The van der Waals surface area contributed by atoms with Crippen LogP contribution in [0.1, 0.15) is 11.1 Å². The first kappa shape index (κ1) is 9.25. The first-order valence-corrected chi connectivity index (χ1v) is 3.83. The second-order valence-corrected chi connectivity index (χ2v) is 2.61. The molecule has 3 N–H and O–H groups in total. The summed E-state index contributed by atoms with van der Waals surface area (Å²) < 4.78 is 0. The lowest BCUT2D eigenvalue weighted by molar-refractivity contribution is -0.108. The van der Waals surface area contributed by atoms with Crippen LogP contribution in [0.2, 0.25) is 0 Å². The van der Waals surface area contributed by atoms with Gasteiger partial charge in [-0.25, -0.2) is 0 Å². The number of amidine groups is 1. The molecule has 1 rings (SSSR count). The van der Waals surface area contributed by atoms with E-state index in [1.165, 1.54) is 0 Å². The topological polar surface area (TPSA) is 67.5 Å². The van der Waals surface area contributed by atoms with Crippen LogP contribution in [-0.4, -0.2) is 12.2 Å². The second kappa shape index (κ2) is 4.25. The van der Waals surface area contributed by atoms with Crippen molar-refractivity contribution < 1.29 is 4.79 Å². The lowest BCUT2D eigenvalue weighted by Crippen LogP contribution is -2.24. The van der Waals surface area contributed by atoms with Crippen molar-refractivity contribution in [1.29, 1.82) is 0 Å². The highest BCUT2D eigenvalue weighted by atomic mass is 16.1. The smallest absolute Gasteiger partial charge is 0.212 e. The number of amides is 1. The van der Waals surface area contributed by atoms with Gasteiger partial charge in [-0.1, -0.05) is 23.8 Å². The summed E-state index contributed by atoms with van der Waals surface area (Å²) in [4.78, 5) is 10.2. The molecule has 1 aromatic rings. The van der Waals surface area contributed by atoms with E-state index >= 15 is 0 Å². The van der Waals surface area contributed by atoms with Crippen LogP contribution in [0.25, 0.3) is 0 Å². The molecule has 0 aliphatic heterocycles. The maximum absolute atomic E-state index is 10.2. The van der Waals surface area contributed by atoms with Gasteiger partial charge in [-0.3, -0.25) is 4.79 Å². The number of hydrazone groups is 1. The zero-order valence-electron chi connectivity index (χ0n) is 7.32. The van der Waals surface area contributed by atoms with Crippen LogP contribution in [0.15, 0.2) is 29.4 Å². The fourth-order valence-corrected chi connectivity index (χ4v) is 1.04. The minimum atomic E-state index is 0.374. The molecule has 68 valence electrons. The number of carbonyl (C=O) groups is 1. The van der Waals surface area contributed by atoms with Gasteiger partial charge in [0.15, 0.2) is 5.84 Å². The standard InChI is InChI=1S/C9H11N3O/c1-7-3-2-4-8(5-7)9(12-10)11-6-13/h2-6H,10H2,1H3,(H,11,12,13). The Kier molecular flexibility index (Phi) is 3.03. The van der Waals surface area contributed by atoms with Gasteiger partial charge in [0.05, 0.1) is 0 Å². The lowest BCUT2D eigenvalue weighted by atomic mass is 10.1. The fourth-order valence-electron chi connectivity index (χ4n) is 1.04. The van der Waals surface area contributed by atoms with Crippen LogP contribution in [0.5, 0.6) is 0 Å². The Morgan fingerprint density at radius 2 is 2.38 bits per heavy atom. The molecular formula is C9H11N3O. The largest absolute Gasteiger partial charge is 0.321 e. The van der Waals surface area contributed by atoms with Crippen molar-refractivity contribution in [3.8, 4) is 0 Å². The molecule has 0 aliphatic carbocycles. The summed E-state index contributed by atoms with van der Waals surface area (Å²) in [7, 11) is 0. The Morgan fingerprint density at radius 3 is 2.92 bits per heavy atom. The van der Waals surface area contributed by atoms with E-state index in [1.54, 1.807) is 0 Å². The van der Waals surface area contributed by atoms with Gasteiger partial charge in [-0.05, 0) is 13.0 Å². The van der Waals surface area contributed by atoms with Crippen molar-refractivity contribution >= 4 is 12.2 Å². The van der Waals surface area contributed by atoms with Gasteiger partial charge in [0, 0.05) is 5.56 Å². The summed E-state index contributed by atoms with van der Waals surface area (Å²) in [6.45, 7) is 1.96. The van der Waals surface area contributed by atoms with Gasteiger partial charge in [-0.2, -0.15) is 5.10 Å². The lowest BCUT2D eigenvalue weighted by Gasteiger charge is -2.03. The summed E-state index contributed by atoms with van der Waals surface area (Å²) in [5.74, 6) is 5.48. The summed E-state index contributed by atoms with van der Waals surface area (Å²) in [5, 5.41) is 5.88. The molecule has 0 heterocycles. The van der Waals surface area contributed by atoms with E-state index in [-0.39, 0.29) is 0 Å². The van der Waals surface area contributed by atoms with Crippen LogP contribution >= 0.6 is 0 Å². The van der Waals surface area contributed by atoms with Crippen molar-refractivity contribution in [1.82, 2.24) is 5.32 Å². The summed E-state index contributed by atoms with van der Waals surface area (Å²) >= 11 is 0. The van der Waals surface area contributed by atoms with E-state index in [0.717, 1.165) is 11.1 Å². The summed E-state index contributed by atoms with van der Waals surface area (Å²) in [6.07, 6.45) is 0.550. The Morgan fingerprint density at radius 1 is 1.62 bits per heavy atom. The first-order chi connectivity index (χ1) is 6.27. The number of hydrogen-bond donors (Lipinski definition) is 2. The Hall–Kier alpha value is -1.84. The molecule has 1 amide bonds. The van der Waals surface area contributed by atoms with Crippen LogP contribution in [0, 0.1) is 6.92 Å². The number of nitrogens with two attached hydrogens (primary N) is 1. The maximum atomic E-state index is 10.2. The molecule has 0 bridgehead atoms. The van der Waals surface area contributed by atoms with Crippen LogP contribution in [-0.2, 0) is 4.79 Å². The van der Waals surface area contributed by atoms with E-state index < -0.39 is 0 Å². The molecule has 0 fully saturated rings. The molecule has 13 heavy (non-hydrogen) atoms. The fraction of sp³-hybridized carbons (Fsp3) is 0.111. The zero-order valence-corrected chi connectivity index (χ0v) is 7.32. The van der Waals surface area contributed by atoms with Crippen molar-refractivity contribution in [3.05, 3.63) is 35.4 Å². The quantitative estimate of drug-likeness (QED) is 0.225. The van der Waals surface area contributed by atoms with Crippen molar-refractivity contribution in [2.24, 2.45) is 10.9 Å². The molecule has 1 aromatic carbocycles. The van der Waals surface area contributed by atoms with E-state index in [0.29, 0.717) is 12.2 Å². The minimum absolute atomic E-state index is 0.374. The van der Waals surface area contributed by atoms with E-state index in [2.05, 4.69) is 10.4 Å². The molecule has 0 saturated carbocycles. The monoisotopic (exact) mass is 177 g/mol. The van der Waals surface area contributed by atoms with Crippen molar-refractivity contribution in [2.45, 2.75) is 6.92 Å². The average Bonchev–Trinajstić information content (AvgIpc) is 2.14. The Balaban J connectivity index is 2.98. The minimum Gasteiger partial charge on any atom is -0.321 e. The van der Waals surface area contributed by atoms with Gasteiger partial charge < -0.3 is 11.2 Å². The third-order valence-electron chi connectivity index (χ3n) is 1.62. The number of aryl methyl sites for hydroxylation is 1. The predicted octanol–water partition coefficient (Wildman–Crippen LogP) is 0.361. The molecule has 0 unspecified atom stereocenters. The number of nitrogens with one attached hydrogen (secondary N) is 1. The highest BCUT2D eigenvalue weighted by Gasteiger charge is 2.00. The molecule has 0 atom stereocenters. The SMILES string of the molecule is Cc1cccc(/C(=N/N)NC=O)c1. The summed E-state index contributed by atoms with van der Waals surface area (Å²) in [6, 6.07) is 7.55. The Bertz CT molecular complexity index is 333.